The molecule has 20 heavy (non-hydrogen) atoms. The van der Waals surface area contributed by atoms with E-state index in [4.69, 9.17) is 0 Å². The molecule has 2 aliphatic rings. The normalized spacial score (nSPS) is 28.1. The van der Waals surface area contributed by atoms with Gasteiger partial charge in [-0.1, -0.05) is 27.2 Å². The van der Waals surface area contributed by atoms with E-state index in [0.29, 0.717) is 24.4 Å². The van der Waals surface area contributed by atoms with Crippen molar-refractivity contribution in [3.05, 3.63) is 0 Å². The SMILES string of the molecule is CCCC1NC(=O)CCN(C2CCC(C)(C)CC2)C1=O. The molecule has 2 fully saturated rings. The first-order valence-electron chi connectivity index (χ1n) is 8.03. The van der Waals surface area contributed by atoms with Crippen LogP contribution in [0.15, 0.2) is 0 Å². The smallest absolute Gasteiger partial charge is 0.245 e. The Morgan fingerprint density at radius 2 is 1.90 bits per heavy atom. The molecule has 1 saturated carbocycles. The molecule has 1 N–H and O–H groups in total. The minimum atomic E-state index is -0.301. The van der Waals surface area contributed by atoms with Crippen molar-refractivity contribution >= 4 is 11.8 Å². The summed E-state index contributed by atoms with van der Waals surface area (Å²) in [7, 11) is 0. The number of hydrogen-bond acceptors (Lipinski definition) is 2. The van der Waals surface area contributed by atoms with Crippen molar-refractivity contribution in [2.24, 2.45) is 5.41 Å². The van der Waals surface area contributed by atoms with E-state index in [1.54, 1.807) is 0 Å². The van der Waals surface area contributed by atoms with Gasteiger partial charge in [-0.05, 0) is 37.5 Å². The summed E-state index contributed by atoms with van der Waals surface area (Å²) in [6.45, 7) is 7.25. The Bertz CT molecular complexity index is 369. The number of rotatable bonds is 3. The lowest BCUT2D eigenvalue weighted by Crippen LogP contribution is -2.49. The van der Waals surface area contributed by atoms with E-state index in [0.717, 1.165) is 25.7 Å². The molecule has 1 aliphatic heterocycles. The summed E-state index contributed by atoms with van der Waals surface area (Å²) in [6, 6.07) is 0.0347. The van der Waals surface area contributed by atoms with Gasteiger partial charge in [0.2, 0.25) is 11.8 Å². The molecule has 114 valence electrons. The molecule has 0 aromatic carbocycles. The Morgan fingerprint density at radius 1 is 1.25 bits per heavy atom. The fraction of sp³-hybridized carbons (Fsp3) is 0.875. The molecule has 0 bridgehead atoms. The highest BCUT2D eigenvalue weighted by Gasteiger charge is 2.36. The van der Waals surface area contributed by atoms with Crippen molar-refractivity contribution in [1.82, 2.24) is 10.2 Å². The van der Waals surface area contributed by atoms with E-state index < -0.39 is 0 Å². The molecule has 1 heterocycles. The number of carbonyl (C=O) groups is 2. The van der Waals surface area contributed by atoms with Gasteiger partial charge in [0.15, 0.2) is 0 Å². The fourth-order valence-electron chi connectivity index (χ4n) is 3.40. The van der Waals surface area contributed by atoms with Gasteiger partial charge in [-0.25, -0.2) is 0 Å². The average Bonchev–Trinajstić information content (AvgIpc) is 2.52. The molecular formula is C16H28N2O2. The van der Waals surface area contributed by atoms with Crippen LogP contribution in [0.25, 0.3) is 0 Å². The second-order valence-corrected chi connectivity index (χ2v) is 7.09. The van der Waals surface area contributed by atoms with Crippen molar-refractivity contribution in [2.45, 2.75) is 77.8 Å². The van der Waals surface area contributed by atoms with Gasteiger partial charge < -0.3 is 10.2 Å². The zero-order chi connectivity index (χ0) is 14.8. The van der Waals surface area contributed by atoms with Crippen molar-refractivity contribution < 1.29 is 9.59 Å². The number of hydrogen-bond donors (Lipinski definition) is 1. The Kier molecular flexibility index (Phi) is 4.71. The number of nitrogens with one attached hydrogen (secondary N) is 1. The van der Waals surface area contributed by atoms with Gasteiger partial charge in [-0.2, -0.15) is 0 Å². The summed E-state index contributed by atoms with van der Waals surface area (Å²) in [4.78, 5) is 26.4. The van der Waals surface area contributed by atoms with Crippen molar-refractivity contribution in [2.75, 3.05) is 6.54 Å². The Labute approximate surface area is 122 Å². The Balaban J connectivity index is 2.05. The summed E-state index contributed by atoms with van der Waals surface area (Å²) in [5, 5.41) is 2.88. The Hall–Kier alpha value is -1.06. The van der Waals surface area contributed by atoms with E-state index >= 15 is 0 Å². The third-order valence-electron chi connectivity index (χ3n) is 4.82. The zero-order valence-electron chi connectivity index (χ0n) is 13.1. The van der Waals surface area contributed by atoms with E-state index in [1.165, 1.54) is 12.8 Å². The second kappa shape index (κ2) is 6.15. The molecule has 2 amide bonds. The minimum Gasteiger partial charge on any atom is -0.344 e. The van der Waals surface area contributed by atoms with Crippen molar-refractivity contribution in [1.29, 1.82) is 0 Å². The van der Waals surface area contributed by atoms with E-state index in [9.17, 15) is 9.59 Å². The lowest BCUT2D eigenvalue weighted by Gasteiger charge is -2.40. The van der Waals surface area contributed by atoms with Crippen LogP contribution in [0.2, 0.25) is 0 Å². The topological polar surface area (TPSA) is 49.4 Å². The maximum atomic E-state index is 12.7. The van der Waals surface area contributed by atoms with Crippen LogP contribution in [0, 0.1) is 5.41 Å². The zero-order valence-corrected chi connectivity index (χ0v) is 13.1. The maximum Gasteiger partial charge on any atom is 0.245 e. The predicted molar refractivity (Wildman–Crippen MR) is 79.2 cm³/mol. The van der Waals surface area contributed by atoms with E-state index in [-0.39, 0.29) is 17.9 Å². The third-order valence-corrected chi connectivity index (χ3v) is 4.82. The highest BCUT2D eigenvalue weighted by molar-refractivity contribution is 5.90. The molecular weight excluding hydrogens is 252 g/mol. The first kappa shape index (κ1) is 15.3. The molecule has 4 heteroatoms. The largest absolute Gasteiger partial charge is 0.344 e. The van der Waals surface area contributed by atoms with Crippen LogP contribution in [-0.2, 0) is 9.59 Å². The fourth-order valence-corrected chi connectivity index (χ4v) is 3.40. The highest BCUT2D eigenvalue weighted by Crippen LogP contribution is 2.37. The standard InChI is InChI=1S/C16H28N2O2/c1-4-5-13-15(20)18(11-8-14(19)17-13)12-6-9-16(2,3)10-7-12/h12-13H,4-11H2,1-3H3,(H,17,19). The van der Waals surface area contributed by atoms with Crippen LogP contribution < -0.4 is 5.32 Å². The molecule has 1 atom stereocenters. The van der Waals surface area contributed by atoms with Gasteiger partial charge in [-0.15, -0.1) is 0 Å². The minimum absolute atomic E-state index is 0.0236. The molecule has 0 radical (unpaired) electrons. The van der Waals surface area contributed by atoms with Crippen LogP contribution in [0.4, 0.5) is 0 Å². The van der Waals surface area contributed by atoms with Crippen LogP contribution in [0.1, 0.15) is 65.7 Å². The van der Waals surface area contributed by atoms with Gasteiger partial charge in [0.1, 0.15) is 6.04 Å². The monoisotopic (exact) mass is 280 g/mol. The van der Waals surface area contributed by atoms with Crippen LogP contribution in [-0.4, -0.2) is 35.3 Å². The predicted octanol–water partition coefficient (Wildman–Crippen LogP) is 2.47. The first-order chi connectivity index (χ1) is 9.43. The summed E-state index contributed by atoms with van der Waals surface area (Å²) in [6.07, 6.45) is 6.60. The van der Waals surface area contributed by atoms with Crippen molar-refractivity contribution in [3.8, 4) is 0 Å². The average molecular weight is 280 g/mol. The number of carbonyl (C=O) groups excluding carboxylic acids is 2. The van der Waals surface area contributed by atoms with Gasteiger partial charge >= 0.3 is 0 Å². The molecule has 0 aromatic rings. The second-order valence-electron chi connectivity index (χ2n) is 7.09. The summed E-state index contributed by atoms with van der Waals surface area (Å²) in [5.41, 5.74) is 0.405. The van der Waals surface area contributed by atoms with Gasteiger partial charge in [0.05, 0.1) is 0 Å². The lowest BCUT2D eigenvalue weighted by atomic mass is 9.75. The lowest BCUT2D eigenvalue weighted by molar-refractivity contribution is -0.136. The molecule has 0 aromatic heterocycles. The van der Waals surface area contributed by atoms with Gasteiger partial charge in [-0.3, -0.25) is 9.59 Å². The quantitative estimate of drug-likeness (QED) is 0.863. The molecule has 1 saturated heterocycles. The van der Waals surface area contributed by atoms with E-state index in [1.807, 2.05) is 4.90 Å². The third kappa shape index (κ3) is 3.53. The number of nitrogens with zero attached hydrogens (tertiary/aromatic N) is 1. The van der Waals surface area contributed by atoms with Gasteiger partial charge in [0.25, 0.3) is 0 Å². The maximum absolute atomic E-state index is 12.7. The summed E-state index contributed by atoms with van der Waals surface area (Å²) >= 11 is 0. The molecule has 4 nitrogen and oxygen atoms in total. The molecule has 0 spiro atoms. The molecule has 1 aliphatic carbocycles. The van der Waals surface area contributed by atoms with Crippen molar-refractivity contribution in [3.63, 3.8) is 0 Å². The summed E-state index contributed by atoms with van der Waals surface area (Å²) < 4.78 is 0. The Morgan fingerprint density at radius 3 is 2.50 bits per heavy atom. The molecule has 1 unspecified atom stereocenters. The van der Waals surface area contributed by atoms with E-state index in [2.05, 4.69) is 26.1 Å². The van der Waals surface area contributed by atoms with Gasteiger partial charge in [0, 0.05) is 19.0 Å². The van der Waals surface area contributed by atoms with Crippen LogP contribution in [0.3, 0.4) is 0 Å². The number of amides is 2. The van der Waals surface area contributed by atoms with Crippen LogP contribution >= 0.6 is 0 Å². The first-order valence-corrected chi connectivity index (χ1v) is 8.03. The van der Waals surface area contributed by atoms with Crippen LogP contribution in [0.5, 0.6) is 0 Å². The highest BCUT2D eigenvalue weighted by atomic mass is 16.2. The molecule has 2 rings (SSSR count). The summed E-state index contributed by atoms with van der Waals surface area (Å²) in [5.74, 6) is 0.165.